The van der Waals surface area contributed by atoms with Crippen molar-refractivity contribution in [3.8, 4) is 0 Å². The first-order chi connectivity index (χ1) is 9.69. The van der Waals surface area contributed by atoms with Crippen LogP contribution in [0.25, 0.3) is 0 Å². The van der Waals surface area contributed by atoms with E-state index < -0.39 is 0 Å². The van der Waals surface area contributed by atoms with Crippen LogP contribution in [0.1, 0.15) is 47.5 Å². The summed E-state index contributed by atoms with van der Waals surface area (Å²) in [4.78, 5) is 6.75. The van der Waals surface area contributed by atoms with Gasteiger partial charge in [-0.1, -0.05) is 20.8 Å². The SMILES string of the molecule is CC(C)(C)[Si]OC(C)(C)[C@@H]1CCCN1c1cncc(Br)c1. The maximum Gasteiger partial charge on any atom is 0.236 e. The molecule has 0 unspecified atom stereocenters. The molecule has 2 heterocycles. The summed E-state index contributed by atoms with van der Waals surface area (Å²) < 4.78 is 7.34. The van der Waals surface area contributed by atoms with Crippen molar-refractivity contribution in [1.82, 2.24) is 4.98 Å². The number of hydrogen-bond acceptors (Lipinski definition) is 3. The molecule has 1 saturated heterocycles. The van der Waals surface area contributed by atoms with Crippen LogP contribution in [-0.4, -0.2) is 32.9 Å². The van der Waals surface area contributed by atoms with Crippen molar-refractivity contribution >= 4 is 31.4 Å². The van der Waals surface area contributed by atoms with Crippen LogP contribution >= 0.6 is 15.9 Å². The minimum atomic E-state index is -0.148. The molecule has 0 saturated carbocycles. The number of hydrogen-bond donors (Lipinski definition) is 0. The standard InChI is InChI=1S/C16H25BrN2OSi/c1-15(2,3)21-20-16(4,5)14-7-6-8-19(14)13-9-12(17)10-18-11-13/h9-11,14H,6-8H2,1-5H3/t14-/m0/s1. The van der Waals surface area contributed by atoms with Crippen LogP contribution in [0.4, 0.5) is 5.69 Å². The van der Waals surface area contributed by atoms with Crippen molar-refractivity contribution in [2.45, 2.75) is 64.1 Å². The predicted molar refractivity (Wildman–Crippen MR) is 92.9 cm³/mol. The summed E-state index contributed by atoms with van der Waals surface area (Å²) in [5, 5.41) is 0.220. The second-order valence-corrected chi connectivity index (χ2v) is 10.1. The summed E-state index contributed by atoms with van der Waals surface area (Å²) in [5.41, 5.74) is 1.03. The van der Waals surface area contributed by atoms with Gasteiger partial charge >= 0.3 is 0 Å². The van der Waals surface area contributed by atoms with Crippen LogP contribution in [0, 0.1) is 0 Å². The number of nitrogens with zero attached hydrogens (tertiary/aromatic N) is 2. The fourth-order valence-electron chi connectivity index (χ4n) is 2.71. The van der Waals surface area contributed by atoms with Gasteiger partial charge in [-0.05, 0) is 53.7 Å². The molecule has 5 heteroatoms. The van der Waals surface area contributed by atoms with E-state index in [1.54, 1.807) is 0 Å². The van der Waals surface area contributed by atoms with Crippen molar-refractivity contribution in [1.29, 1.82) is 0 Å². The van der Waals surface area contributed by atoms with Crippen molar-refractivity contribution in [3.05, 3.63) is 22.9 Å². The topological polar surface area (TPSA) is 25.4 Å². The molecule has 0 bridgehead atoms. The lowest BCUT2D eigenvalue weighted by Gasteiger charge is -2.40. The zero-order valence-corrected chi connectivity index (χ0v) is 16.2. The Hall–Kier alpha value is -0.393. The van der Waals surface area contributed by atoms with E-state index in [0.717, 1.165) is 11.0 Å². The molecule has 21 heavy (non-hydrogen) atoms. The third-order valence-corrected chi connectivity index (χ3v) is 5.37. The van der Waals surface area contributed by atoms with Gasteiger partial charge in [-0.2, -0.15) is 0 Å². The van der Waals surface area contributed by atoms with Gasteiger partial charge in [-0.15, -0.1) is 0 Å². The Balaban J connectivity index is 2.14. The number of halogens is 1. The van der Waals surface area contributed by atoms with Crippen LogP contribution in [0.3, 0.4) is 0 Å². The molecule has 1 aromatic heterocycles. The van der Waals surface area contributed by atoms with E-state index in [9.17, 15) is 0 Å². The van der Waals surface area contributed by atoms with Gasteiger partial charge < -0.3 is 9.33 Å². The number of rotatable bonds is 4. The highest BCUT2D eigenvalue weighted by molar-refractivity contribution is 9.10. The van der Waals surface area contributed by atoms with Gasteiger partial charge in [0.05, 0.1) is 23.5 Å². The lowest BCUT2D eigenvalue weighted by Crippen LogP contribution is -2.49. The molecule has 1 aliphatic heterocycles. The zero-order valence-electron chi connectivity index (χ0n) is 13.6. The molecule has 3 nitrogen and oxygen atoms in total. The number of aromatic nitrogens is 1. The highest BCUT2D eigenvalue weighted by atomic mass is 79.9. The van der Waals surface area contributed by atoms with Gasteiger partial charge in [0.2, 0.25) is 9.76 Å². The molecule has 0 aromatic carbocycles. The molecular weight excluding hydrogens is 344 g/mol. The quantitative estimate of drug-likeness (QED) is 0.734. The second-order valence-electron chi connectivity index (χ2n) is 7.27. The Morgan fingerprint density at radius 1 is 1.29 bits per heavy atom. The number of anilines is 1. The Morgan fingerprint density at radius 2 is 2.00 bits per heavy atom. The lowest BCUT2D eigenvalue weighted by atomic mass is 9.96. The highest BCUT2D eigenvalue weighted by Gasteiger charge is 2.39. The van der Waals surface area contributed by atoms with E-state index in [1.165, 1.54) is 18.5 Å². The fourth-order valence-corrected chi connectivity index (χ4v) is 3.77. The van der Waals surface area contributed by atoms with E-state index in [-0.39, 0.29) is 10.6 Å². The second kappa shape index (κ2) is 6.38. The molecule has 0 aliphatic carbocycles. The minimum Gasteiger partial charge on any atom is -0.410 e. The average Bonchev–Trinajstić information content (AvgIpc) is 2.86. The van der Waals surface area contributed by atoms with Gasteiger partial charge in [0.25, 0.3) is 0 Å². The van der Waals surface area contributed by atoms with Crippen LogP contribution < -0.4 is 4.90 Å². The zero-order chi connectivity index (χ0) is 15.7. The van der Waals surface area contributed by atoms with E-state index in [4.69, 9.17) is 4.43 Å². The Labute approximate surface area is 139 Å². The third kappa shape index (κ3) is 4.54. The summed E-state index contributed by atoms with van der Waals surface area (Å²) in [5.74, 6) is 0. The maximum atomic E-state index is 6.31. The van der Waals surface area contributed by atoms with Crippen LogP contribution in [0.2, 0.25) is 5.04 Å². The molecule has 0 spiro atoms. The van der Waals surface area contributed by atoms with Gasteiger partial charge in [0.1, 0.15) is 0 Å². The first kappa shape index (κ1) is 17.0. The molecule has 2 rings (SSSR count). The smallest absolute Gasteiger partial charge is 0.236 e. The summed E-state index contributed by atoms with van der Waals surface area (Å²) in [7, 11) is 0.513. The Kier molecular flexibility index (Phi) is 5.16. The molecule has 1 aromatic rings. The van der Waals surface area contributed by atoms with Crippen molar-refractivity contribution in [2.24, 2.45) is 0 Å². The molecule has 0 N–H and O–H groups in total. The molecule has 116 valence electrons. The van der Waals surface area contributed by atoms with E-state index in [0.29, 0.717) is 15.8 Å². The monoisotopic (exact) mass is 368 g/mol. The van der Waals surface area contributed by atoms with Crippen molar-refractivity contribution < 1.29 is 4.43 Å². The first-order valence-corrected chi connectivity index (χ1v) is 9.21. The largest absolute Gasteiger partial charge is 0.410 e. The summed E-state index contributed by atoms with van der Waals surface area (Å²) in [6.07, 6.45) is 6.17. The molecule has 1 aliphatic rings. The molecule has 2 radical (unpaired) electrons. The van der Waals surface area contributed by atoms with Crippen molar-refractivity contribution in [3.63, 3.8) is 0 Å². The van der Waals surface area contributed by atoms with Crippen LogP contribution in [0.5, 0.6) is 0 Å². The molecule has 1 atom stereocenters. The van der Waals surface area contributed by atoms with E-state index in [1.807, 2.05) is 12.4 Å². The van der Waals surface area contributed by atoms with Crippen LogP contribution in [-0.2, 0) is 4.43 Å². The highest BCUT2D eigenvalue weighted by Crippen LogP contribution is 2.35. The summed E-state index contributed by atoms with van der Waals surface area (Å²) in [6, 6.07) is 2.55. The summed E-state index contributed by atoms with van der Waals surface area (Å²) in [6.45, 7) is 12.2. The molecule has 1 fully saturated rings. The Bertz CT molecular complexity index is 487. The lowest BCUT2D eigenvalue weighted by molar-refractivity contribution is 0.0812. The molecular formula is C16H25BrN2OSi. The Morgan fingerprint density at radius 3 is 2.62 bits per heavy atom. The fraction of sp³-hybridized carbons (Fsp3) is 0.688. The maximum absolute atomic E-state index is 6.31. The van der Waals surface area contributed by atoms with Gasteiger partial charge in [0, 0.05) is 17.2 Å². The predicted octanol–water partition coefficient (Wildman–Crippen LogP) is 4.45. The van der Waals surface area contributed by atoms with Gasteiger partial charge in [0.15, 0.2) is 0 Å². The average molecular weight is 369 g/mol. The van der Waals surface area contributed by atoms with E-state index >= 15 is 0 Å². The summed E-state index contributed by atoms with van der Waals surface area (Å²) >= 11 is 3.52. The molecule has 0 amide bonds. The van der Waals surface area contributed by atoms with Gasteiger partial charge in [-0.25, -0.2) is 0 Å². The normalized spacial score (nSPS) is 20.1. The first-order valence-electron chi connectivity index (χ1n) is 7.51. The van der Waals surface area contributed by atoms with Crippen LogP contribution in [0.15, 0.2) is 22.9 Å². The number of pyridine rings is 1. The minimum absolute atomic E-state index is 0.148. The van der Waals surface area contributed by atoms with Crippen molar-refractivity contribution in [2.75, 3.05) is 11.4 Å². The van der Waals surface area contributed by atoms with Gasteiger partial charge in [-0.3, -0.25) is 4.98 Å². The van der Waals surface area contributed by atoms with E-state index in [2.05, 4.69) is 66.5 Å². The third-order valence-electron chi connectivity index (χ3n) is 3.70.